The van der Waals surface area contributed by atoms with Crippen LogP contribution in [0, 0.1) is 0 Å². The highest BCUT2D eigenvalue weighted by molar-refractivity contribution is 6.38. The highest BCUT2D eigenvalue weighted by Gasteiger charge is 2.11. The normalized spacial score (nSPS) is 11.0. The fourth-order valence-electron chi connectivity index (χ4n) is 2.76. The predicted molar refractivity (Wildman–Crippen MR) is 94.4 cm³/mol. The molecule has 0 aliphatic carbocycles. The maximum absolute atomic E-state index is 6.68. The Morgan fingerprint density at radius 1 is 0.957 bits per heavy atom. The lowest BCUT2D eigenvalue weighted by atomic mass is 10.0. The summed E-state index contributed by atoms with van der Waals surface area (Å²) in [5, 5.41) is 1.66. The van der Waals surface area contributed by atoms with Crippen molar-refractivity contribution in [2.75, 3.05) is 0 Å². The lowest BCUT2D eigenvalue weighted by molar-refractivity contribution is 0.925. The monoisotopic (exact) mass is 319 g/mol. The minimum absolute atomic E-state index is 0.720. The second kappa shape index (κ2) is 5.52. The zero-order chi connectivity index (χ0) is 15.8. The molecule has 0 spiro atoms. The number of hydrogen-bond donors (Lipinski definition) is 0. The van der Waals surface area contributed by atoms with Gasteiger partial charge >= 0.3 is 0 Å². The summed E-state index contributed by atoms with van der Waals surface area (Å²) in [4.78, 5) is 8.95. The molecule has 0 aliphatic heterocycles. The molecule has 0 saturated heterocycles. The van der Waals surface area contributed by atoms with E-state index in [0.29, 0.717) is 0 Å². The van der Waals surface area contributed by atoms with Gasteiger partial charge in [-0.1, -0.05) is 41.9 Å². The highest BCUT2D eigenvalue weighted by Crippen LogP contribution is 2.34. The summed E-state index contributed by atoms with van der Waals surface area (Å²) in [6.45, 7) is 0. The van der Waals surface area contributed by atoms with Crippen LogP contribution in [0.2, 0.25) is 5.02 Å². The predicted octanol–water partition coefficient (Wildman–Crippen LogP) is 4.96. The standard InChI is InChI=1S/C19H14ClN3/c1-23-10-9-21-19(23)14-7-8-17-15(11-14)18(20)16(12-22-17)13-5-3-2-4-6-13/h2-12H,1H3. The van der Waals surface area contributed by atoms with Crippen LogP contribution in [-0.4, -0.2) is 14.5 Å². The number of hydrogen-bond acceptors (Lipinski definition) is 2. The molecule has 0 aliphatic rings. The van der Waals surface area contributed by atoms with E-state index in [1.165, 1.54) is 0 Å². The van der Waals surface area contributed by atoms with Gasteiger partial charge in [0.2, 0.25) is 0 Å². The Kier molecular flexibility index (Phi) is 3.36. The summed E-state index contributed by atoms with van der Waals surface area (Å²) >= 11 is 6.68. The largest absolute Gasteiger partial charge is 0.334 e. The van der Waals surface area contributed by atoms with E-state index in [4.69, 9.17) is 11.6 Å². The van der Waals surface area contributed by atoms with E-state index >= 15 is 0 Å². The number of imidazole rings is 1. The third kappa shape index (κ3) is 2.39. The lowest BCUT2D eigenvalue weighted by Crippen LogP contribution is -1.92. The second-order valence-electron chi connectivity index (χ2n) is 5.45. The molecule has 112 valence electrons. The van der Waals surface area contributed by atoms with Crippen LogP contribution in [0.4, 0.5) is 0 Å². The Morgan fingerprint density at radius 3 is 2.52 bits per heavy atom. The van der Waals surface area contributed by atoms with Gasteiger partial charge < -0.3 is 4.57 Å². The van der Waals surface area contributed by atoms with Gasteiger partial charge in [-0.3, -0.25) is 4.98 Å². The summed E-state index contributed by atoms with van der Waals surface area (Å²) in [5.74, 6) is 0.910. The molecule has 0 unspecified atom stereocenters. The first-order valence-electron chi connectivity index (χ1n) is 7.35. The van der Waals surface area contributed by atoms with Gasteiger partial charge in [0.15, 0.2) is 0 Å². The van der Waals surface area contributed by atoms with E-state index in [1.54, 1.807) is 6.20 Å². The van der Waals surface area contributed by atoms with Crippen molar-refractivity contribution in [2.24, 2.45) is 7.05 Å². The number of nitrogens with zero attached hydrogens (tertiary/aromatic N) is 3. The zero-order valence-electron chi connectivity index (χ0n) is 12.6. The number of aromatic nitrogens is 3. The van der Waals surface area contributed by atoms with Crippen LogP contribution in [0.5, 0.6) is 0 Å². The van der Waals surface area contributed by atoms with Crippen LogP contribution in [0.25, 0.3) is 33.4 Å². The lowest BCUT2D eigenvalue weighted by Gasteiger charge is -2.09. The van der Waals surface area contributed by atoms with Crippen LogP contribution in [0.1, 0.15) is 0 Å². The molecule has 0 atom stereocenters. The topological polar surface area (TPSA) is 30.7 Å². The van der Waals surface area contributed by atoms with Gasteiger partial charge in [-0.2, -0.15) is 0 Å². The van der Waals surface area contributed by atoms with E-state index in [2.05, 4.69) is 16.0 Å². The molecule has 0 saturated carbocycles. The Balaban J connectivity index is 1.94. The average Bonchev–Trinajstić information content (AvgIpc) is 3.02. The molecule has 0 N–H and O–H groups in total. The van der Waals surface area contributed by atoms with E-state index in [1.807, 2.05) is 66.5 Å². The molecular weight excluding hydrogens is 306 g/mol. The maximum Gasteiger partial charge on any atom is 0.139 e. The van der Waals surface area contributed by atoms with Crippen molar-refractivity contribution in [1.29, 1.82) is 0 Å². The van der Waals surface area contributed by atoms with E-state index in [9.17, 15) is 0 Å². The van der Waals surface area contributed by atoms with Gasteiger partial charge in [-0.05, 0) is 23.8 Å². The fraction of sp³-hybridized carbons (Fsp3) is 0.0526. The SMILES string of the molecule is Cn1ccnc1-c1ccc2ncc(-c3ccccc3)c(Cl)c2c1. The summed E-state index contributed by atoms with van der Waals surface area (Å²) in [5.41, 5.74) is 3.91. The first-order valence-corrected chi connectivity index (χ1v) is 7.73. The van der Waals surface area contributed by atoms with Crippen molar-refractivity contribution < 1.29 is 0 Å². The minimum Gasteiger partial charge on any atom is -0.334 e. The molecule has 0 bridgehead atoms. The van der Waals surface area contributed by atoms with Crippen molar-refractivity contribution in [3.63, 3.8) is 0 Å². The molecule has 23 heavy (non-hydrogen) atoms. The van der Waals surface area contributed by atoms with E-state index in [0.717, 1.165) is 38.4 Å². The number of halogens is 1. The van der Waals surface area contributed by atoms with Crippen LogP contribution < -0.4 is 0 Å². The van der Waals surface area contributed by atoms with Gasteiger partial charge in [0.25, 0.3) is 0 Å². The summed E-state index contributed by atoms with van der Waals surface area (Å²) in [6.07, 6.45) is 5.56. The van der Waals surface area contributed by atoms with Crippen LogP contribution in [0.15, 0.2) is 67.1 Å². The summed E-state index contributed by atoms with van der Waals surface area (Å²) in [7, 11) is 1.98. The molecule has 0 fully saturated rings. The molecule has 2 aromatic heterocycles. The van der Waals surface area contributed by atoms with E-state index in [-0.39, 0.29) is 0 Å². The van der Waals surface area contributed by atoms with Crippen molar-refractivity contribution in [3.05, 3.63) is 72.1 Å². The average molecular weight is 320 g/mol. The minimum atomic E-state index is 0.720. The van der Waals surface area contributed by atoms with Crippen LogP contribution in [0.3, 0.4) is 0 Å². The zero-order valence-corrected chi connectivity index (χ0v) is 13.3. The van der Waals surface area contributed by atoms with Crippen molar-refractivity contribution in [3.8, 4) is 22.5 Å². The first kappa shape index (κ1) is 14.0. The Morgan fingerprint density at radius 2 is 1.78 bits per heavy atom. The molecule has 0 radical (unpaired) electrons. The Labute approximate surface area is 139 Å². The quantitative estimate of drug-likeness (QED) is 0.523. The highest BCUT2D eigenvalue weighted by atomic mass is 35.5. The number of pyridine rings is 1. The maximum atomic E-state index is 6.68. The number of rotatable bonds is 2. The summed E-state index contributed by atoms with van der Waals surface area (Å²) in [6, 6.07) is 16.1. The molecule has 4 heteroatoms. The van der Waals surface area contributed by atoms with Gasteiger partial charge in [0, 0.05) is 42.2 Å². The Hall–Kier alpha value is -2.65. The van der Waals surface area contributed by atoms with Gasteiger partial charge in [-0.15, -0.1) is 0 Å². The molecule has 4 rings (SSSR count). The molecule has 2 aromatic carbocycles. The van der Waals surface area contributed by atoms with Gasteiger partial charge in [-0.25, -0.2) is 4.98 Å². The van der Waals surface area contributed by atoms with Crippen molar-refractivity contribution in [2.45, 2.75) is 0 Å². The molecule has 3 nitrogen and oxygen atoms in total. The summed E-state index contributed by atoms with van der Waals surface area (Å²) < 4.78 is 1.99. The molecule has 2 heterocycles. The van der Waals surface area contributed by atoms with Crippen LogP contribution >= 0.6 is 11.6 Å². The van der Waals surface area contributed by atoms with Gasteiger partial charge in [0.05, 0.1) is 10.5 Å². The van der Waals surface area contributed by atoms with Gasteiger partial charge in [0.1, 0.15) is 5.82 Å². The second-order valence-corrected chi connectivity index (χ2v) is 5.82. The van der Waals surface area contributed by atoms with E-state index < -0.39 is 0 Å². The van der Waals surface area contributed by atoms with Crippen molar-refractivity contribution >= 4 is 22.5 Å². The third-order valence-corrected chi connectivity index (χ3v) is 4.37. The Bertz CT molecular complexity index is 990. The number of fused-ring (bicyclic) bond motifs is 1. The molecule has 0 amide bonds. The fourth-order valence-corrected chi connectivity index (χ4v) is 3.07. The van der Waals surface area contributed by atoms with Crippen molar-refractivity contribution in [1.82, 2.24) is 14.5 Å². The number of aryl methyl sites for hydroxylation is 1. The molecular formula is C19H14ClN3. The molecule has 4 aromatic rings. The third-order valence-electron chi connectivity index (χ3n) is 3.97. The van der Waals surface area contributed by atoms with Crippen LogP contribution in [-0.2, 0) is 7.05 Å². The smallest absolute Gasteiger partial charge is 0.139 e. The first-order chi connectivity index (χ1) is 11.2. The number of benzene rings is 2.